The van der Waals surface area contributed by atoms with E-state index in [2.05, 4.69) is 39.2 Å². The molecule has 0 radical (unpaired) electrons. The summed E-state index contributed by atoms with van der Waals surface area (Å²) in [6.45, 7) is 6.41. The first-order valence-corrected chi connectivity index (χ1v) is 10.7. The number of ether oxygens (including phenoxy) is 1. The molecule has 2 aromatic rings. The van der Waals surface area contributed by atoms with Gasteiger partial charge in [-0.25, -0.2) is 19.6 Å². The number of anilines is 3. The van der Waals surface area contributed by atoms with E-state index in [0.717, 1.165) is 12.1 Å². The van der Waals surface area contributed by atoms with Crippen LogP contribution in [0.4, 0.5) is 26.2 Å². The zero-order chi connectivity index (χ0) is 25.4. The molecule has 1 aromatic carbocycles. The topological polar surface area (TPSA) is 135 Å². The Bertz CT molecular complexity index is 1020. The molecule has 186 valence electrons. The van der Waals surface area contributed by atoms with Crippen molar-refractivity contribution in [2.75, 3.05) is 42.8 Å². The van der Waals surface area contributed by atoms with E-state index in [4.69, 9.17) is 11.6 Å². The number of carbonyl (C=O) groups is 1. The number of methoxy groups -OCH3 is 1. The van der Waals surface area contributed by atoms with Gasteiger partial charge in [0.1, 0.15) is 5.69 Å². The van der Waals surface area contributed by atoms with Crippen LogP contribution in [0.2, 0.25) is 0 Å². The molecule has 0 atom stereocenters. The minimum atomic E-state index is -0.814. The summed E-state index contributed by atoms with van der Waals surface area (Å²) < 4.78 is 32.3. The number of hydrogen-bond donors (Lipinski definition) is 4. The fraction of sp³-hybridized carbons (Fsp3) is 0.409. The van der Waals surface area contributed by atoms with Crippen molar-refractivity contribution in [2.24, 2.45) is 11.6 Å². The molecule has 6 N–H and O–H groups in total. The van der Waals surface area contributed by atoms with E-state index in [0.29, 0.717) is 34.4 Å². The van der Waals surface area contributed by atoms with Gasteiger partial charge in [-0.05, 0) is 24.6 Å². The normalized spacial score (nSPS) is 12.9. The fourth-order valence-electron chi connectivity index (χ4n) is 3.12. The van der Waals surface area contributed by atoms with Crippen LogP contribution in [0.1, 0.15) is 31.5 Å². The highest BCUT2D eigenvalue weighted by molar-refractivity contribution is 6.00. The van der Waals surface area contributed by atoms with E-state index in [9.17, 15) is 13.6 Å². The highest BCUT2D eigenvalue weighted by atomic mass is 19.1. The summed E-state index contributed by atoms with van der Waals surface area (Å²) in [4.78, 5) is 22.1. The van der Waals surface area contributed by atoms with Gasteiger partial charge in [0.05, 0.1) is 32.4 Å². The summed E-state index contributed by atoms with van der Waals surface area (Å²) in [7, 11) is 2.95. The lowest BCUT2D eigenvalue weighted by Gasteiger charge is -2.27. The molecule has 0 unspecified atom stereocenters. The van der Waals surface area contributed by atoms with Crippen molar-refractivity contribution in [1.29, 1.82) is 0 Å². The third-order valence-electron chi connectivity index (χ3n) is 4.49. The number of hydrogen-bond acceptors (Lipinski definition) is 9. The Balaban J connectivity index is 0.00000129. The number of nitrogens with two attached hydrogens (primary N) is 2. The molecule has 0 bridgehead atoms. The molecule has 1 aromatic heterocycles. The SMILES string of the molecule is CCC.COc1c(F)cc(CN(N)/C=C(\N)CNc2nc(C)c3c(n2)N(C)CC(=O)N3)cc1F. The summed E-state index contributed by atoms with van der Waals surface area (Å²) in [6.07, 6.45) is 2.69. The Morgan fingerprint density at radius 1 is 1.32 bits per heavy atom. The van der Waals surface area contributed by atoms with Gasteiger partial charge in [-0.2, -0.15) is 4.98 Å². The molecule has 12 heteroatoms. The number of nitrogens with one attached hydrogen (secondary N) is 2. The number of hydrazine groups is 1. The number of rotatable bonds is 7. The van der Waals surface area contributed by atoms with Crippen LogP contribution in [-0.2, 0) is 11.3 Å². The molecule has 0 aliphatic carbocycles. The smallest absolute Gasteiger partial charge is 0.244 e. The Morgan fingerprint density at radius 2 is 1.94 bits per heavy atom. The zero-order valence-corrected chi connectivity index (χ0v) is 20.1. The first-order valence-electron chi connectivity index (χ1n) is 10.7. The van der Waals surface area contributed by atoms with Gasteiger partial charge in [0.2, 0.25) is 11.9 Å². The average Bonchev–Trinajstić information content (AvgIpc) is 2.73. The van der Waals surface area contributed by atoms with Gasteiger partial charge in [0.15, 0.2) is 23.2 Å². The van der Waals surface area contributed by atoms with Gasteiger partial charge >= 0.3 is 0 Å². The lowest BCUT2D eigenvalue weighted by molar-refractivity contribution is -0.115. The number of aromatic nitrogens is 2. The maximum absolute atomic E-state index is 13.8. The van der Waals surface area contributed by atoms with Crippen molar-refractivity contribution < 1.29 is 18.3 Å². The van der Waals surface area contributed by atoms with Crippen molar-refractivity contribution >= 4 is 23.4 Å². The second kappa shape index (κ2) is 12.0. The maximum atomic E-state index is 13.8. The van der Waals surface area contributed by atoms with E-state index in [1.807, 2.05) is 0 Å². The predicted octanol–water partition coefficient (Wildman–Crippen LogP) is 2.46. The molecule has 3 rings (SSSR count). The number of fused-ring (bicyclic) bond motifs is 1. The third-order valence-corrected chi connectivity index (χ3v) is 4.49. The van der Waals surface area contributed by atoms with Crippen molar-refractivity contribution in [2.45, 2.75) is 33.7 Å². The van der Waals surface area contributed by atoms with E-state index in [-0.39, 0.29) is 25.5 Å². The van der Waals surface area contributed by atoms with Gasteiger partial charge < -0.3 is 31.0 Å². The number of halogens is 2. The second-order valence-corrected chi connectivity index (χ2v) is 7.77. The Hall–Kier alpha value is -3.67. The number of nitrogens with zero attached hydrogens (tertiary/aromatic N) is 4. The summed E-state index contributed by atoms with van der Waals surface area (Å²) in [5.74, 6) is 4.61. The standard InChI is InChI=1S/C19H24F2N8O2.C3H8/c1-10-16-18(28(2)9-15(30)26-16)27-19(25-10)24-6-12(22)8-29(23)7-11-4-13(20)17(31-3)14(21)5-11;1-3-2/h4-5,8H,6-7,9,22-23H2,1-3H3,(H,26,30)(H,24,25,27);3H2,1-2H3/b12-8-;. The maximum Gasteiger partial charge on any atom is 0.244 e. The molecular formula is C22H32F2N8O2. The lowest BCUT2D eigenvalue weighted by Crippen LogP contribution is -2.37. The molecular weight excluding hydrogens is 446 g/mol. The molecule has 10 nitrogen and oxygen atoms in total. The molecule has 34 heavy (non-hydrogen) atoms. The van der Waals surface area contributed by atoms with Crippen molar-refractivity contribution in [3.63, 3.8) is 0 Å². The van der Waals surface area contributed by atoms with Gasteiger partial charge in [-0.1, -0.05) is 20.3 Å². The van der Waals surface area contributed by atoms with E-state index in [1.54, 1.807) is 18.9 Å². The minimum Gasteiger partial charge on any atom is -0.491 e. The number of aryl methyl sites for hydroxylation is 1. The van der Waals surface area contributed by atoms with E-state index < -0.39 is 17.4 Å². The molecule has 0 fully saturated rings. The molecule has 1 aliphatic rings. The third kappa shape index (κ3) is 6.91. The van der Waals surface area contributed by atoms with E-state index >= 15 is 0 Å². The Labute approximate surface area is 197 Å². The summed E-state index contributed by atoms with van der Waals surface area (Å²) in [5, 5.41) is 6.97. The minimum absolute atomic E-state index is 0.0253. The van der Waals surface area contributed by atoms with Crippen molar-refractivity contribution in [3.8, 4) is 5.75 Å². The molecule has 2 heterocycles. The summed E-state index contributed by atoms with van der Waals surface area (Å²) >= 11 is 0. The highest BCUT2D eigenvalue weighted by Crippen LogP contribution is 2.29. The lowest BCUT2D eigenvalue weighted by atomic mass is 10.2. The molecule has 1 amide bonds. The fourth-order valence-corrected chi connectivity index (χ4v) is 3.12. The van der Waals surface area contributed by atoms with Crippen molar-refractivity contribution in [3.05, 3.63) is 46.9 Å². The molecule has 0 spiro atoms. The second-order valence-electron chi connectivity index (χ2n) is 7.77. The number of carbonyl (C=O) groups excluding carboxylic acids is 1. The Kier molecular flexibility index (Phi) is 9.36. The first-order chi connectivity index (χ1) is 16.1. The van der Waals surface area contributed by atoms with Crippen LogP contribution >= 0.6 is 0 Å². The predicted molar refractivity (Wildman–Crippen MR) is 128 cm³/mol. The monoisotopic (exact) mass is 478 g/mol. The summed E-state index contributed by atoms with van der Waals surface area (Å²) in [5.41, 5.74) is 7.83. The molecule has 0 saturated carbocycles. The molecule has 1 aliphatic heterocycles. The van der Waals surface area contributed by atoms with Gasteiger partial charge in [0, 0.05) is 18.9 Å². The van der Waals surface area contributed by atoms with Crippen molar-refractivity contribution in [1.82, 2.24) is 15.0 Å². The summed E-state index contributed by atoms with van der Waals surface area (Å²) in [6, 6.07) is 2.28. The average molecular weight is 479 g/mol. The first kappa shape index (κ1) is 26.6. The quantitative estimate of drug-likeness (QED) is 0.350. The zero-order valence-electron chi connectivity index (χ0n) is 20.1. The van der Waals surface area contributed by atoms with Crippen LogP contribution in [0, 0.1) is 18.6 Å². The highest BCUT2D eigenvalue weighted by Gasteiger charge is 2.23. The van der Waals surface area contributed by atoms with Crippen LogP contribution < -0.4 is 31.8 Å². The van der Waals surface area contributed by atoms with Crippen LogP contribution in [0.5, 0.6) is 5.75 Å². The van der Waals surface area contributed by atoms with E-state index in [1.165, 1.54) is 24.7 Å². The van der Waals surface area contributed by atoms with Crippen LogP contribution in [0.25, 0.3) is 0 Å². The largest absolute Gasteiger partial charge is 0.491 e. The van der Waals surface area contributed by atoms with Gasteiger partial charge in [-0.3, -0.25) is 4.79 Å². The number of amides is 1. The van der Waals surface area contributed by atoms with Gasteiger partial charge in [-0.15, -0.1) is 0 Å². The molecule has 0 saturated heterocycles. The number of benzene rings is 1. The van der Waals surface area contributed by atoms with Crippen LogP contribution in [0.15, 0.2) is 24.0 Å². The Morgan fingerprint density at radius 3 is 2.53 bits per heavy atom. The number of likely N-dealkylation sites (N-methyl/N-ethyl adjacent to an activating group) is 1. The van der Waals surface area contributed by atoms with Crippen LogP contribution in [0.3, 0.4) is 0 Å². The van der Waals surface area contributed by atoms with Crippen LogP contribution in [-0.4, -0.2) is 48.1 Å². The van der Waals surface area contributed by atoms with Gasteiger partial charge in [0.25, 0.3) is 0 Å².